The number of fused-ring (bicyclic) bond motifs is 1. The number of anilines is 1. The molecule has 0 fully saturated rings. The molecular weight excluding hydrogens is 396 g/mol. The standard InChI is InChI=1S/C24H24N2O5/c1-29-21-13-17(19(14-22(21)30-2)26-24(28)20-11-6-12-31-20)23(27)25-18-10-5-8-15-7-3-4-9-16(15)18/h3-4,6-7,9,11-14,18H,5,8,10H2,1-2H3,(H,25,27)(H,26,28). The van der Waals surface area contributed by atoms with Crippen LogP contribution in [0.25, 0.3) is 0 Å². The molecule has 160 valence electrons. The van der Waals surface area contributed by atoms with Crippen molar-refractivity contribution in [3.8, 4) is 11.5 Å². The maximum absolute atomic E-state index is 13.3. The van der Waals surface area contributed by atoms with Crippen LogP contribution in [0.5, 0.6) is 11.5 Å². The molecule has 0 spiro atoms. The first-order valence-electron chi connectivity index (χ1n) is 10.1. The van der Waals surface area contributed by atoms with E-state index in [1.807, 2.05) is 18.2 Å². The molecule has 1 aliphatic carbocycles. The lowest BCUT2D eigenvalue weighted by molar-refractivity contribution is 0.0933. The summed E-state index contributed by atoms with van der Waals surface area (Å²) in [6.07, 6.45) is 4.27. The molecule has 0 radical (unpaired) electrons. The molecule has 0 saturated carbocycles. The number of ether oxygens (including phenoxy) is 2. The molecule has 2 amide bonds. The zero-order valence-corrected chi connectivity index (χ0v) is 17.4. The molecule has 1 atom stereocenters. The van der Waals surface area contributed by atoms with Crippen molar-refractivity contribution in [1.29, 1.82) is 0 Å². The third-order valence-corrected chi connectivity index (χ3v) is 5.44. The van der Waals surface area contributed by atoms with E-state index in [2.05, 4.69) is 16.7 Å². The molecule has 0 bridgehead atoms. The van der Waals surface area contributed by atoms with Gasteiger partial charge in [-0.1, -0.05) is 24.3 Å². The number of hydrogen-bond donors (Lipinski definition) is 2. The van der Waals surface area contributed by atoms with E-state index in [-0.39, 0.29) is 23.3 Å². The minimum Gasteiger partial charge on any atom is -0.493 e. The van der Waals surface area contributed by atoms with Crippen LogP contribution in [0.3, 0.4) is 0 Å². The summed E-state index contributed by atoms with van der Waals surface area (Å²) in [7, 11) is 2.99. The van der Waals surface area contributed by atoms with Crippen LogP contribution in [-0.4, -0.2) is 26.0 Å². The Labute approximate surface area is 180 Å². The molecule has 3 aromatic rings. The minimum absolute atomic E-state index is 0.0980. The zero-order chi connectivity index (χ0) is 21.8. The van der Waals surface area contributed by atoms with Crippen molar-refractivity contribution in [2.24, 2.45) is 0 Å². The van der Waals surface area contributed by atoms with Crippen LogP contribution < -0.4 is 20.1 Å². The Bertz CT molecular complexity index is 1090. The van der Waals surface area contributed by atoms with E-state index >= 15 is 0 Å². The Kier molecular flexibility index (Phi) is 5.93. The lowest BCUT2D eigenvalue weighted by Crippen LogP contribution is -2.31. The van der Waals surface area contributed by atoms with Crippen LogP contribution in [0.1, 0.15) is 50.9 Å². The number of rotatable bonds is 6. The van der Waals surface area contributed by atoms with Crippen LogP contribution in [-0.2, 0) is 6.42 Å². The maximum atomic E-state index is 13.3. The predicted octanol–water partition coefficient (Wildman–Crippen LogP) is 4.36. The Morgan fingerprint density at radius 1 is 1.00 bits per heavy atom. The first-order valence-corrected chi connectivity index (χ1v) is 10.1. The molecule has 0 saturated heterocycles. The number of methoxy groups -OCH3 is 2. The van der Waals surface area contributed by atoms with E-state index in [1.165, 1.54) is 26.0 Å². The van der Waals surface area contributed by atoms with Crippen molar-refractivity contribution >= 4 is 17.5 Å². The lowest BCUT2D eigenvalue weighted by atomic mass is 9.87. The maximum Gasteiger partial charge on any atom is 0.291 e. The number of nitrogens with one attached hydrogen (secondary N) is 2. The van der Waals surface area contributed by atoms with Gasteiger partial charge in [0.2, 0.25) is 0 Å². The van der Waals surface area contributed by atoms with Gasteiger partial charge in [0.15, 0.2) is 17.3 Å². The number of carbonyl (C=O) groups is 2. The molecule has 1 unspecified atom stereocenters. The van der Waals surface area contributed by atoms with E-state index in [4.69, 9.17) is 13.9 Å². The molecule has 1 heterocycles. The van der Waals surface area contributed by atoms with Crippen molar-refractivity contribution in [2.75, 3.05) is 19.5 Å². The Hall–Kier alpha value is -3.74. The van der Waals surface area contributed by atoms with Gasteiger partial charge < -0.3 is 24.5 Å². The molecular formula is C24H24N2O5. The highest BCUT2D eigenvalue weighted by molar-refractivity contribution is 6.08. The fourth-order valence-electron chi connectivity index (χ4n) is 3.90. The third kappa shape index (κ3) is 4.26. The van der Waals surface area contributed by atoms with E-state index in [9.17, 15) is 9.59 Å². The van der Waals surface area contributed by atoms with Crippen LogP contribution in [0.2, 0.25) is 0 Å². The summed E-state index contributed by atoms with van der Waals surface area (Å²) >= 11 is 0. The van der Waals surface area contributed by atoms with Crippen LogP contribution in [0, 0.1) is 0 Å². The van der Waals surface area contributed by atoms with Gasteiger partial charge in [-0.05, 0) is 48.6 Å². The number of furan rings is 1. The van der Waals surface area contributed by atoms with Gasteiger partial charge in [-0.25, -0.2) is 0 Å². The summed E-state index contributed by atoms with van der Waals surface area (Å²) in [6, 6.07) is 14.4. The van der Waals surface area contributed by atoms with Gasteiger partial charge in [0.1, 0.15) is 0 Å². The topological polar surface area (TPSA) is 89.8 Å². The number of hydrogen-bond acceptors (Lipinski definition) is 5. The van der Waals surface area contributed by atoms with E-state index < -0.39 is 5.91 Å². The van der Waals surface area contributed by atoms with Gasteiger partial charge in [-0.15, -0.1) is 0 Å². The second-order valence-corrected chi connectivity index (χ2v) is 7.30. The molecule has 1 aromatic heterocycles. The summed E-state index contributed by atoms with van der Waals surface area (Å²) in [6.45, 7) is 0. The molecule has 2 aromatic carbocycles. The second-order valence-electron chi connectivity index (χ2n) is 7.30. The average Bonchev–Trinajstić information content (AvgIpc) is 3.34. The number of benzene rings is 2. The van der Waals surface area contributed by atoms with Crippen molar-refractivity contribution in [2.45, 2.75) is 25.3 Å². The van der Waals surface area contributed by atoms with E-state index in [0.29, 0.717) is 17.2 Å². The Balaban J connectivity index is 1.66. The second kappa shape index (κ2) is 8.95. The smallest absolute Gasteiger partial charge is 0.291 e. The summed E-state index contributed by atoms with van der Waals surface area (Å²) in [5, 5.41) is 5.87. The van der Waals surface area contributed by atoms with E-state index in [1.54, 1.807) is 24.3 Å². The van der Waals surface area contributed by atoms with Gasteiger partial charge in [0.25, 0.3) is 11.8 Å². The van der Waals surface area contributed by atoms with Crippen molar-refractivity contribution in [1.82, 2.24) is 5.32 Å². The van der Waals surface area contributed by atoms with Gasteiger partial charge in [-0.3, -0.25) is 9.59 Å². The first-order chi connectivity index (χ1) is 15.1. The monoisotopic (exact) mass is 420 g/mol. The van der Waals surface area contributed by atoms with Gasteiger partial charge >= 0.3 is 0 Å². The summed E-state index contributed by atoms with van der Waals surface area (Å²) in [5.74, 6) is 0.165. The van der Waals surface area contributed by atoms with Crippen molar-refractivity contribution in [3.05, 3.63) is 77.2 Å². The molecule has 2 N–H and O–H groups in total. The molecule has 7 heteroatoms. The fraction of sp³-hybridized carbons (Fsp3) is 0.250. The summed E-state index contributed by atoms with van der Waals surface area (Å²) < 4.78 is 15.9. The molecule has 0 aliphatic heterocycles. The zero-order valence-electron chi connectivity index (χ0n) is 17.4. The lowest BCUT2D eigenvalue weighted by Gasteiger charge is -2.27. The molecule has 4 rings (SSSR count). The Morgan fingerprint density at radius 3 is 2.52 bits per heavy atom. The minimum atomic E-state index is -0.464. The highest BCUT2D eigenvalue weighted by Crippen LogP contribution is 2.35. The highest BCUT2D eigenvalue weighted by Gasteiger charge is 2.25. The molecule has 31 heavy (non-hydrogen) atoms. The average molecular weight is 420 g/mol. The normalized spacial score (nSPS) is 15.0. The molecule has 1 aliphatic rings. The van der Waals surface area contributed by atoms with Gasteiger partial charge in [0.05, 0.1) is 37.8 Å². The Morgan fingerprint density at radius 2 is 1.77 bits per heavy atom. The van der Waals surface area contributed by atoms with Crippen molar-refractivity contribution < 1.29 is 23.5 Å². The quantitative estimate of drug-likeness (QED) is 0.619. The number of aryl methyl sites for hydroxylation is 1. The predicted molar refractivity (Wildman–Crippen MR) is 116 cm³/mol. The SMILES string of the molecule is COc1cc(NC(=O)c2ccco2)c(C(=O)NC2CCCc3ccccc32)cc1OC. The number of amides is 2. The van der Waals surface area contributed by atoms with Crippen LogP contribution in [0.4, 0.5) is 5.69 Å². The first kappa shape index (κ1) is 20.5. The molecule has 7 nitrogen and oxygen atoms in total. The highest BCUT2D eigenvalue weighted by atomic mass is 16.5. The third-order valence-electron chi connectivity index (χ3n) is 5.44. The van der Waals surface area contributed by atoms with E-state index in [0.717, 1.165) is 24.8 Å². The number of carbonyl (C=O) groups excluding carboxylic acids is 2. The van der Waals surface area contributed by atoms with Gasteiger partial charge in [0, 0.05) is 6.07 Å². The largest absolute Gasteiger partial charge is 0.493 e. The summed E-state index contributed by atoms with van der Waals surface area (Å²) in [4.78, 5) is 25.8. The van der Waals surface area contributed by atoms with Crippen molar-refractivity contribution in [3.63, 3.8) is 0 Å². The van der Waals surface area contributed by atoms with Crippen LogP contribution in [0.15, 0.2) is 59.2 Å². The van der Waals surface area contributed by atoms with Crippen LogP contribution >= 0.6 is 0 Å². The summed E-state index contributed by atoms with van der Waals surface area (Å²) in [5.41, 5.74) is 2.96. The van der Waals surface area contributed by atoms with Gasteiger partial charge in [-0.2, -0.15) is 0 Å². The fourth-order valence-corrected chi connectivity index (χ4v) is 3.90.